The zero-order chi connectivity index (χ0) is 17.7. The Hall–Kier alpha value is -3.83. The van der Waals surface area contributed by atoms with Crippen molar-refractivity contribution in [3.8, 4) is 12.1 Å². The second-order valence-electron chi connectivity index (χ2n) is 4.89. The summed E-state index contributed by atoms with van der Waals surface area (Å²) in [6, 6.07) is 15.3. The van der Waals surface area contributed by atoms with Crippen LogP contribution in [0.1, 0.15) is 16.7 Å². The molecule has 0 saturated carbocycles. The van der Waals surface area contributed by atoms with E-state index >= 15 is 0 Å². The first-order chi connectivity index (χ1) is 12.3. The largest absolute Gasteiger partial charge is 0.265 e. The van der Waals surface area contributed by atoms with Gasteiger partial charge in [0.25, 0.3) is 0 Å². The standard InChI is InChI=1S/C13H9N3.C7H6N2/c14-9-13(12-2-1-5-16-10-12)8-11-3-6-15-7-4-11;8-4-3-7-2-1-5-9-6-7/h1-8,10H;1-2,5-6H,3H2/b13-8+;. The van der Waals surface area contributed by atoms with Crippen molar-refractivity contribution < 1.29 is 0 Å². The molecule has 0 atom stereocenters. The summed E-state index contributed by atoms with van der Waals surface area (Å²) in [4.78, 5) is 11.8. The van der Waals surface area contributed by atoms with Gasteiger partial charge in [-0.15, -0.1) is 0 Å². The molecule has 0 fully saturated rings. The molecular formula is C20H15N5. The minimum atomic E-state index is 0.452. The Morgan fingerprint density at radius 3 is 2.16 bits per heavy atom. The normalized spacial score (nSPS) is 9.92. The molecule has 3 heterocycles. The summed E-state index contributed by atoms with van der Waals surface area (Å²) in [7, 11) is 0. The fraction of sp³-hybridized carbons (Fsp3) is 0.0500. The molecule has 0 amide bonds. The molecule has 0 radical (unpaired) electrons. The fourth-order valence-corrected chi connectivity index (χ4v) is 1.92. The molecule has 3 rings (SSSR count). The Morgan fingerprint density at radius 2 is 1.60 bits per heavy atom. The van der Waals surface area contributed by atoms with Gasteiger partial charge in [0.1, 0.15) is 0 Å². The SMILES string of the molecule is N#C/C(=C\c1ccncc1)c1cccnc1.N#CCc1cccnc1. The van der Waals surface area contributed by atoms with Crippen LogP contribution in [0, 0.1) is 22.7 Å². The second kappa shape index (κ2) is 10.0. The van der Waals surface area contributed by atoms with Crippen molar-refractivity contribution in [3.05, 3.63) is 90.3 Å². The minimum Gasteiger partial charge on any atom is -0.265 e. The molecule has 0 N–H and O–H groups in total. The lowest BCUT2D eigenvalue weighted by atomic mass is 10.1. The van der Waals surface area contributed by atoms with Gasteiger partial charge in [0.15, 0.2) is 0 Å². The predicted molar refractivity (Wildman–Crippen MR) is 95.5 cm³/mol. The highest BCUT2D eigenvalue weighted by atomic mass is 14.6. The number of nitrogens with zero attached hydrogens (tertiary/aromatic N) is 5. The number of nitriles is 2. The lowest BCUT2D eigenvalue weighted by Gasteiger charge is -1.97. The van der Waals surface area contributed by atoms with E-state index in [-0.39, 0.29) is 0 Å². The number of hydrogen-bond donors (Lipinski definition) is 0. The van der Waals surface area contributed by atoms with E-state index < -0.39 is 0 Å². The summed E-state index contributed by atoms with van der Waals surface area (Å²) in [6.45, 7) is 0. The van der Waals surface area contributed by atoms with Crippen LogP contribution < -0.4 is 0 Å². The highest BCUT2D eigenvalue weighted by Gasteiger charge is 1.99. The van der Waals surface area contributed by atoms with Gasteiger partial charge in [0.05, 0.1) is 24.1 Å². The third kappa shape index (κ3) is 6.05. The average molecular weight is 325 g/mol. The Labute approximate surface area is 146 Å². The Balaban J connectivity index is 0.000000212. The van der Waals surface area contributed by atoms with Crippen molar-refractivity contribution in [2.45, 2.75) is 6.42 Å². The minimum absolute atomic E-state index is 0.452. The lowest BCUT2D eigenvalue weighted by Crippen LogP contribution is -1.83. The monoisotopic (exact) mass is 325 g/mol. The molecule has 25 heavy (non-hydrogen) atoms. The number of allylic oxidation sites excluding steroid dienone is 1. The maximum absolute atomic E-state index is 9.08. The van der Waals surface area contributed by atoms with Crippen LogP contribution in [0.4, 0.5) is 0 Å². The topological polar surface area (TPSA) is 86.2 Å². The molecule has 0 unspecified atom stereocenters. The number of rotatable bonds is 3. The van der Waals surface area contributed by atoms with E-state index in [1.807, 2.05) is 48.5 Å². The van der Waals surface area contributed by atoms with Crippen molar-refractivity contribution in [3.63, 3.8) is 0 Å². The summed E-state index contributed by atoms with van der Waals surface area (Å²) in [6.07, 6.45) is 12.4. The van der Waals surface area contributed by atoms with Crippen LogP contribution in [-0.2, 0) is 6.42 Å². The molecule has 5 heteroatoms. The average Bonchev–Trinajstić information content (AvgIpc) is 2.69. The first-order valence-corrected chi connectivity index (χ1v) is 7.51. The van der Waals surface area contributed by atoms with Crippen LogP contribution >= 0.6 is 0 Å². The molecule has 120 valence electrons. The van der Waals surface area contributed by atoms with Gasteiger partial charge < -0.3 is 0 Å². The van der Waals surface area contributed by atoms with E-state index in [4.69, 9.17) is 10.5 Å². The Kier molecular flexibility index (Phi) is 7.04. The summed E-state index contributed by atoms with van der Waals surface area (Å²) >= 11 is 0. The quantitative estimate of drug-likeness (QED) is 0.685. The molecule has 0 saturated heterocycles. The summed E-state index contributed by atoms with van der Waals surface area (Å²) in [5.74, 6) is 0. The molecule has 0 aliphatic rings. The first kappa shape index (κ1) is 17.5. The molecule has 0 aromatic carbocycles. The van der Waals surface area contributed by atoms with Gasteiger partial charge in [-0.05, 0) is 41.5 Å². The lowest BCUT2D eigenvalue weighted by molar-refractivity contribution is 1.19. The number of pyridine rings is 3. The molecule has 3 aromatic heterocycles. The van der Waals surface area contributed by atoms with E-state index in [0.29, 0.717) is 12.0 Å². The van der Waals surface area contributed by atoms with Crippen molar-refractivity contribution >= 4 is 11.6 Å². The van der Waals surface area contributed by atoms with Gasteiger partial charge in [-0.3, -0.25) is 15.0 Å². The van der Waals surface area contributed by atoms with Gasteiger partial charge in [-0.1, -0.05) is 12.1 Å². The van der Waals surface area contributed by atoms with Crippen LogP contribution in [0.2, 0.25) is 0 Å². The van der Waals surface area contributed by atoms with Gasteiger partial charge in [-0.2, -0.15) is 10.5 Å². The van der Waals surface area contributed by atoms with Crippen LogP contribution in [0.3, 0.4) is 0 Å². The smallest absolute Gasteiger partial charge is 0.0998 e. The predicted octanol–water partition coefficient (Wildman–Crippen LogP) is 3.69. The van der Waals surface area contributed by atoms with Crippen molar-refractivity contribution in [2.24, 2.45) is 0 Å². The van der Waals surface area contributed by atoms with Gasteiger partial charge in [-0.25, -0.2) is 0 Å². The van der Waals surface area contributed by atoms with E-state index in [0.717, 1.165) is 16.7 Å². The zero-order valence-electron chi connectivity index (χ0n) is 13.4. The van der Waals surface area contributed by atoms with Crippen molar-refractivity contribution in [2.75, 3.05) is 0 Å². The molecule has 0 aliphatic heterocycles. The summed E-state index contributed by atoms with van der Waals surface area (Å²) < 4.78 is 0. The molecule has 3 aromatic rings. The summed E-state index contributed by atoms with van der Waals surface area (Å²) in [5, 5.41) is 17.3. The van der Waals surface area contributed by atoms with Crippen LogP contribution in [0.15, 0.2) is 73.6 Å². The first-order valence-electron chi connectivity index (χ1n) is 7.51. The number of hydrogen-bond acceptors (Lipinski definition) is 5. The van der Waals surface area contributed by atoms with Gasteiger partial charge >= 0.3 is 0 Å². The molecule has 5 nitrogen and oxygen atoms in total. The van der Waals surface area contributed by atoms with Crippen LogP contribution in [0.25, 0.3) is 11.6 Å². The van der Waals surface area contributed by atoms with Crippen molar-refractivity contribution in [1.82, 2.24) is 15.0 Å². The van der Waals surface area contributed by atoms with Crippen molar-refractivity contribution in [1.29, 1.82) is 10.5 Å². The highest BCUT2D eigenvalue weighted by Crippen LogP contribution is 2.15. The molecule has 0 spiro atoms. The fourth-order valence-electron chi connectivity index (χ4n) is 1.92. The maximum atomic E-state index is 9.08. The van der Waals surface area contributed by atoms with E-state index in [1.165, 1.54) is 0 Å². The maximum Gasteiger partial charge on any atom is 0.0998 e. The van der Waals surface area contributed by atoms with Crippen LogP contribution in [0.5, 0.6) is 0 Å². The number of aromatic nitrogens is 3. The molecular weight excluding hydrogens is 310 g/mol. The summed E-state index contributed by atoms with van der Waals surface area (Å²) in [5.41, 5.74) is 3.34. The van der Waals surface area contributed by atoms with Crippen LogP contribution in [-0.4, -0.2) is 15.0 Å². The highest BCUT2D eigenvalue weighted by molar-refractivity contribution is 5.89. The molecule has 0 bridgehead atoms. The van der Waals surface area contributed by atoms with E-state index in [1.54, 1.807) is 37.2 Å². The van der Waals surface area contributed by atoms with Gasteiger partial charge in [0, 0.05) is 42.7 Å². The van der Waals surface area contributed by atoms with E-state index in [9.17, 15) is 0 Å². The zero-order valence-corrected chi connectivity index (χ0v) is 13.4. The van der Waals surface area contributed by atoms with E-state index in [2.05, 4.69) is 21.0 Å². The third-order valence-electron chi connectivity index (χ3n) is 3.12. The van der Waals surface area contributed by atoms with Gasteiger partial charge in [0.2, 0.25) is 0 Å². The Morgan fingerprint density at radius 1 is 0.880 bits per heavy atom. The Bertz CT molecular complexity index is 876. The molecule has 0 aliphatic carbocycles. The second-order valence-corrected chi connectivity index (χ2v) is 4.89. The third-order valence-corrected chi connectivity index (χ3v) is 3.12.